The molecule has 1 atom stereocenters. The Morgan fingerprint density at radius 1 is 1.35 bits per heavy atom. The summed E-state index contributed by atoms with van der Waals surface area (Å²) in [5.74, 6) is 0.605. The predicted molar refractivity (Wildman–Crippen MR) is 95.7 cm³/mol. The lowest BCUT2D eigenvalue weighted by Gasteiger charge is -2.38. The second kappa shape index (κ2) is 6.11. The minimum absolute atomic E-state index is 0.183. The van der Waals surface area contributed by atoms with Gasteiger partial charge < -0.3 is 10.0 Å². The number of anilines is 1. The van der Waals surface area contributed by atoms with E-state index in [0.29, 0.717) is 30.2 Å². The average Bonchev–Trinajstić information content (AvgIpc) is 3.27. The summed E-state index contributed by atoms with van der Waals surface area (Å²) >= 11 is 0. The van der Waals surface area contributed by atoms with Crippen LogP contribution in [0.1, 0.15) is 44.1 Å². The number of imidazole rings is 1. The molecule has 3 aromatic heterocycles. The summed E-state index contributed by atoms with van der Waals surface area (Å²) in [5, 5.41) is 29.2. The first kappa shape index (κ1) is 16.5. The number of pyridine rings is 1. The quantitative estimate of drug-likeness (QED) is 0.774. The molecule has 0 spiro atoms. The third-order valence-electron chi connectivity index (χ3n) is 4.90. The van der Waals surface area contributed by atoms with E-state index in [1.165, 1.54) is 0 Å². The minimum atomic E-state index is -1.10. The zero-order chi connectivity index (χ0) is 18.3. The maximum Gasteiger partial charge on any atom is 0.169 e. The second-order valence-corrected chi connectivity index (χ2v) is 7.06. The van der Waals surface area contributed by atoms with Gasteiger partial charge in [-0.2, -0.15) is 5.26 Å². The van der Waals surface area contributed by atoms with Crippen LogP contribution in [0.15, 0.2) is 30.6 Å². The fourth-order valence-corrected chi connectivity index (χ4v) is 3.48. The van der Waals surface area contributed by atoms with Gasteiger partial charge in [-0.05, 0) is 38.8 Å². The average molecular weight is 351 g/mol. The number of nitrogens with zero attached hydrogens (tertiary/aromatic N) is 7. The van der Waals surface area contributed by atoms with E-state index in [1.807, 2.05) is 49.3 Å². The van der Waals surface area contributed by atoms with Gasteiger partial charge in [0, 0.05) is 18.8 Å². The number of rotatable bonds is 3. The van der Waals surface area contributed by atoms with Gasteiger partial charge in [0.1, 0.15) is 23.0 Å². The zero-order valence-corrected chi connectivity index (χ0v) is 14.9. The van der Waals surface area contributed by atoms with Crippen molar-refractivity contribution in [2.24, 2.45) is 0 Å². The van der Waals surface area contributed by atoms with Crippen LogP contribution in [0.2, 0.25) is 0 Å². The fraction of sp³-hybridized carbons (Fsp3) is 0.444. The van der Waals surface area contributed by atoms with Crippen molar-refractivity contribution in [1.29, 1.82) is 5.26 Å². The van der Waals surface area contributed by atoms with Crippen LogP contribution in [-0.4, -0.2) is 42.6 Å². The maximum absolute atomic E-state index is 11.2. The lowest BCUT2D eigenvalue weighted by atomic mass is 9.90. The van der Waals surface area contributed by atoms with Gasteiger partial charge in [-0.15, -0.1) is 5.10 Å². The summed E-state index contributed by atoms with van der Waals surface area (Å²) in [6.45, 7) is 5.11. The van der Waals surface area contributed by atoms with E-state index in [1.54, 1.807) is 9.08 Å². The number of aromatic nitrogens is 5. The normalized spacial score (nSPS) is 20.7. The molecule has 26 heavy (non-hydrogen) atoms. The molecule has 0 radical (unpaired) electrons. The SMILES string of the molecule is CC(C)n1cc([C@]2(O)CCCN(c3nc4ccccn4c3C#N)C2)nn1. The van der Waals surface area contributed by atoms with Crippen molar-refractivity contribution in [3.05, 3.63) is 42.0 Å². The van der Waals surface area contributed by atoms with Gasteiger partial charge in [0.25, 0.3) is 0 Å². The molecule has 0 saturated carbocycles. The van der Waals surface area contributed by atoms with Crippen molar-refractivity contribution in [3.8, 4) is 6.07 Å². The summed E-state index contributed by atoms with van der Waals surface area (Å²) in [6, 6.07) is 8.06. The first-order chi connectivity index (χ1) is 12.5. The van der Waals surface area contributed by atoms with Crippen LogP contribution in [-0.2, 0) is 5.60 Å². The van der Waals surface area contributed by atoms with Crippen LogP contribution in [0.5, 0.6) is 0 Å². The number of hydrogen-bond donors (Lipinski definition) is 1. The van der Waals surface area contributed by atoms with Crippen molar-refractivity contribution in [2.75, 3.05) is 18.0 Å². The van der Waals surface area contributed by atoms with E-state index in [2.05, 4.69) is 21.4 Å². The Hall–Kier alpha value is -2.92. The molecule has 3 aromatic rings. The zero-order valence-electron chi connectivity index (χ0n) is 14.9. The Morgan fingerprint density at radius 3 is 2.92 bits per heavy atom. The summed E-state index contributed by atoms with van der Waals surface area (Å²) in [6.07, 6.45) is 5.02. The molecule has 0 bridgehead atoms. The van der Waals surface area contributed by atoms with E-state index < -0.39 is 5.60 Å². The van der Waals surface area contributed by atoms with E-state index in [-0.39, 0.29) is 6.04 Å². The predicted octanol–water partition coefficient (Wildman–Crippen LogP) is 1.87. The largest absolute Gasteiger partial charge is 0.382 e. The molecule has 0 unspecified atom stereocenters. The highest BCUT2D eigenvalue weighted by atomic mass is 16.3. The second-order valence-electron chi connectivity index (χ2n) is 7.06. The molecular weight excluding hydrogens is 330 g/mol. The van der Waals surface area contributed by atoms with Crippen LogP contribution in [0.25, 0.3) is 5.65 Å². The highest BCUT2D eigenvalue weighted by molar-refractivity contribution is 5.60. The molecule has 8 heteroatoms. The molecule has 134 valence electrons. The number of hydrogen-bond acceptors (Lipinski definition) is 6. The number of piperidine rings is 1. The molecule has 1 fully saturated rings. The van der Waals surface area contributed by atoms with Crippen LogP contribution < -0.4 is 4.90 Å². The smallest absolute Gasteiger partial charge is 0.169 e. The lowest BCUT2D eigenvalue weighted by Crippen LogP contribution is -2.47. The van der Waals surface area contributed by atoms with Gasteiger partial charge in [-0.25, -0.2) is 9.67 Å². The van der Waals surface area contributed by atoms with Crippen molar-refractivity contribution in [1.82, 2.24) is 24.4 Å². The Balaban J connectivity index is 1.70. The molecule has 4 rings (SSSR count). The van der Waals surface area contributed by atoms with E-state index in [0.717, 1.165) is 18.6 Å². The Labute approximate surface area is 151 Å². The van der Waals surface area contributed by atoms with Crippen LogP contribution in [0.3, 0.4) is 0 Å². The molecule has 1 N–H and O–H groups in total. The number of nitriles is 1. The van der Waals surface area contributed by atoms with Gasteiger partial charge in [-0.1, -0.05) is 11.3 Å². The van der Waals surface area contributed by atoms with Gasteiger partial charge in [-0.3, -0.25) is 4.40 Å². The summed E-state index contributed by atoms with van der Waals surface area (Å²) < 4.78 is 3.52. The Kier molecular flexibility index (Phi) is 3.89. The number of aliphatic hydroxyl groups is 1. The van der Waals surface area contributed by atoms with Crippen molar-refractivity contribution < 1.29 is 5.11 Å². The fourth-order valence-electron chi connectivity index (χ4n) is 3.48. The molecule has 1 aliphatic rings. The lowest BCUT2D eigenvalue weighted by molar-refractivity contribution is 0.0174. The van der Waals surface area contributed by atoms with Gasteiger partial charge >= 0.3 is 0 Å². The number of fused-ring (bicyclic) bond motifs is 1. The topological polar surface area (TPSA) is 95.3 Å². The van der Waals surface area contributed by atoms with Gasteiger partial charge in [0.05, 0.1) is 12.7 Å². The first-order valence-corrected chi connectivity index (χ1v) is 8.79. The van der Waals surface area contributed by atoms with E-state index in [9.17, 15) is 10.4 Å². The third kappa shape index (κ3) is 2.61. The molecule has 1 aliphatic heterocycles. The van der Waals surface area contributed by atoms with Crippen molar-refractivity contribution >= 4 is 11.5 Å². The van der Waals surface area contributed by atoms with Crippen LogP contribution >= 0.6 is 0 Å². The van der Waals surface area contributed by atoms with Gasteiger partial charge in [0.15, 0.2) is 11.5 Å². The summed E-state index contributed by atoms with van der Waals surface area (Å²) in [4.78, 5) is 6.59. The van der Waals surface area contributed by atoms with Crippen molar-refractivity contribution in [2.45, 2.75) is 38.3 Å². The molecule has 0 amide bonds. The molecular formula is C18H21N7O. The standard InChI is InChI=1S/C18H21N7O/c1-13(2)25-11-15(21-22-25)18(26)7-5-8-23(12-18)17-14(10-19)24-9-4-3-6-16(24)20-17/h3-4,6,9,11,13,26H,5,7-8,12H2,1-2H3/t18-/m0/s1. The molecule has 0 aromatic carbocycles. The Bertz CT molecular complexity index is 983. The monoisotopic (exact) mass is 351 g/mol. The first-order valence-electron chi connectivity index (χ1n) is 8.79. The summed E-state index contributed by atoms with van der Waals surface area (Å²) in [7, 11) is 0. The third-order valence-corrected chi connectivity index (χ3v) is 4.90. The Morgan fingerprint density at radius 2 is 2.19 bits per heavy atom. The number of β-amino-alcohol motifs (C(OH)–C–C–N with tert-alkyl or cyclic N) is 1. The highest BCUT2D eigenvalue weighted by Gasteiger charge is 2.39. The maximum atomic E-state index is 11.2. The van der Waals surface area contributed by atoms with Crippen LogP contribution in [0.4, 0.5) is 5.82 Å². The van der Waals surface area contributed by atoms with E-state index >= 15 is 0 Å². The molecule has 4 heterocycles. The molecule has 0 aliphatic carbocycles. The van der Waals surface area contributed by atoms with E-state index in [4.69, 9.17) is 0 Å². The van der Waals surface area contributed by atoms with Gasteiger partial charge in [0.2, 0.25) is 0 Å². The minimum Gasteiger partial charge on any atom is -0.382 e. The summed E-state index contributed by atoms with van der Waals surface area (Å²) in [5.41, 5.74) is 0.668. The molecule has 8 nitrogen and oxygen atoms in total. The van der Waals surface area contributed by atoms with Crippen molar-refractivity contribution in [3.63, 3.8) is 0 Å². The molecule has 1 saturated heterocycles. The van der Waals surface area contributed by atoms with Crippen LogP contribution in [0, 0.1) is 11.3 Å². The highest BCUT2D eigenvalue weighted by Crippen LogP contribution is 2.34.